The minimum Gasteiger partial charge on any atom is -0.467 e. The number of pyridine rings is 2. The first-order chi connectivity index (χ1) is 22.8. The highest BCUT2D eigenvalue weighted by atomic mass is 19.4. The zero-order valence-electron chi connectivity index (χ0n) is 26.0. The molecular formula is C32H27F9N4O4. The van der Waals surface area contributed by atoms with Crippen LogP contribution in [0.3, 0.4) is 0 Å². The van der Waals surface area contributed by atoms with E-state index in [9.17, 15) is 53.9 Å². The highest BCUT2D eigenvalue weighted by molar-refractivity contribution is 5.99. The molecule has 2 aromatic carbocycles. The number of rotatable bonds is 9. The molecule has 0 fully saturated rings. The van der Waals surface area contributed by atoms with Crippen molar-refractivity contribution in [3.8, 4) is 11.1 Å². The number of anilines is 1. The SMILES string of the molecule is CC[C@@H](Nc1cc(F)c(C(=O)N[C@@H](Cc2ccc(-c3c(C(F)(F)F)cc(C)n(C)c3=O)c3ncc(F)cc23)C(=O)OC)c(F)c1)C(F)(F)F. The summed E-state index contributed by atoms with van der Waals surface area (Å²) in [5.41, 5.74) is -5.54. The number of nitrogens with zero attached hydrogens (tertiary/aromatic N) is 2. The number of aryl methyl sites for hydroxylation is 1. The minimum atomic E-state index is -4.98. The fourth-order valence-corrected chi connectivity index (χ4v) is 5.21. The second-order valence-electron chi connectivity index (χ2n) is 11.0. The lowest BCUT2D eigenvalue weighted by Gasteiger charge is -2.22. The predicted octanol–water partition coefficient (Wildman–Crippen LogP) is 6.61. The summed E-state index contributed by atoms with van der Waals surface area (Å²) in [4.78, 5) is 42.8. The van der Waals surface area contributed by atoms with Crippen LogP contribution >= 0.6 is 0 Å². The maximum Gasteiger partial charge on any atom is 0.417 e. The normalized spacial score (nSPS) is 13.2. The summed E-state index contributed by atoms with van der Waals surface area (Å²) < 4.78 is 132. The molecule has 0 aliphatic carbocycles. The van der Waals surface area contributed by atoms with Gasteiger partial charge < -0.3 is 19.9 Å². The summed E-state index contributed by atoms with van der Waals surface area (Å²) in [6.07, 6.45) is -10.1. The molecule has 0 aliphatic rings. The van der Waals surface area contributed by atoms with Gasteiger partial charge in [0.25, 0.3) is 11.5 Å². The van der Waals surface area contributed by atoms with Crippen molar-refractivity contribution in [1.29, 1.82) is 0 Å². The summed E-state index contributed by atoms with van der Waals surface area (Å²) in [6.45, 7) is 2.49. The zero-order chi connectivity index (χ0) is 36.6. The van der Waals surface area contributed by atoms with Crippen LogP contribution in [0.5, 0.6) is 0 Å². The third-order valence-corrected chi connectivity index (χ3v) is 7.78. The molecule has 8 nitrogen and oxygen atoms in total. The number of carbonyl (C=O) groups excluding carboxylic acids is 2. The molecule has 4 rings (SSSR count). The Morgan fingerprint density at radius 2 is 1.63 bits per heavy atom. The van der Waals surface area contributed by atoms with E-state index in [0.29, 0.717) is 18.3 Å². The number of hydrogen-bond acceptors (Lipinski definition) is 6. The summed E-state index contributed by atoms with van der Waals surface area (Å²) in [5, 5.41) is 3.86. The Balaban J connectivity index is 1.76. The first-order valence-electron chi connectivity index (χ1n) is 14.3. The molecule has 0 saturated carbocycles. The van der Waals surface area contributed by atoms with Crippen LogP contribution in [-0.2, 0) is 29.2 Å². The summed E-state index contributed by atoms with van der Waals surface area (Å²) in [7, 11) is 2.18. The van der Waals surface area contributed by atoms with Gasteiger partial charge in [0.05, 0.1) is 30.0 Å². The van der Waals surface area contributed by atoms with Gasteiger partial charge in [0.1, 0.15) is 35.1 Å². The van der Waals surface area contributed by atoms with Crippen molar-refractivity contribution >= 4 is 28.5 Å². The number of methoxy groups -OCH3 is 1. The number of halogens is 9. The van der Waals surface area contributed by atoms with Crippen LogP contribution in [0.1, 0.15) is 40.5 Å². The Bertz CT molecular complexity index is 1970. The van der Waals surface area contributed by atoms with E-state index in [0.717, 1.165) is 35.9 Å². The average molecular weight is 703 g/mol. The number of carbonyl (C=O) groups is 2. The molecule has 0 saturated heterocycles. The lowest BCUT2D eigenvalue weighted by Crippen LogP contribution is -2.43. The van der Waals surface area contributed by atoms with E-state index < -0.39 is 94.5 Å². The maximum atomic E-state index is 14.9. The largest absolute Gasteiger partial charge is 0.467 e. The van der Waals surface area contributed by atoms with Crippen LogP contribution in [0.4, 0.5) is 45.2 Å². The lowest BCUT2D eigenvalue weighted by atomic mass is 9.93. The molecule has 262 valence electrons. The Labute approximate surface area is 271 Å². The number of hydrogen-bond donors (Lipinski definition) is 2. The van der Waals surface area contributed by atoms with E-state index in [-0.39, 0.29) is 27.7 Å². The summed E-state index contributed by atoms with van der Waals surface area (Å²) >= 11 is 0. The summed E-state index contributed by atoms with van der Waals surface area (Å²) in [6, 6.07) is 0.933. The molecule has 2 heterocycles. The van der Waals surface area contributed by atoms with Crippen molar-refractivity contribution in [3.63, 3.8) is 0 Å². The van der Waals surface area contributed by atoms with E-state index in [1.165, 1.54) is 20.9 Å². The van der Waals surface area contributed by atoms with Crippen molar-refractivity contribution < 1.29 is 53.8 Å². The number of esters is 1. The Morgan fingerprint density at radius 3 is 2.18 bits per heavy atom. The minimum absolute atomic E-state index is 0.00260. The number of ether oxygens (including phenoxy) is 1. The van der Waals surface area contributed by atoms with E-state index in [2.05, 4.69) is 10.3 Å². The van der Waals surface area contributed by atoms with Gasteiger partial charge >= 0.3 is 18.3 Å². The third-order valence-electron chi connectivity index (χ3n) is 7.78. The second-order valence-corrected chi connectivity index (χ2v) is 11.0. The smallest absolute Gasteiger partial charge is 0.417 e. The standard InChI is InChI=1S/C32H27F9N4O4/c1-5-24(32(39,40)41)43-17-11-21(34)26(22(35)12-17)28(46)44-23(30(48)49-4)9-15-6-7-18(27-19(15)10-16(33)13-42-27)25-20(31(36,37)38)8-14(2)45(3)29(25)47/h6-8,10-13,23-24,43H,5,9H2,1-4H3,(H,44,46)/t23-,24+/m0/s1. The highest BCUT2D eigenvalue weighted by Crippen LogP contribution is 2.39. The van der Waals surface area contributed by atoms with Crippen LogP contribution in [0.2, 0.25) is 0 Å². The molecular weight excluding hydrogens is 675 g/mol. The molecule has 0 spiro atoms. The van der Waals surface area contributed by atoms with Gasteiger partial charge in [0, 0.05) is 35.8 Å². The van der Waals surface area contributed by atoms with Crippen molar-refractivity contribution in [2.45, 2.75) is 51.1 Å². The molecule has 49 heavy (non-hydrogen) atoms. The van der Waals surface area contributed by atoms with Crippen molar-refractivity contribution in [2.75, 3.05) is 12.4 Å². The monoisotopic (exact) mass is 702 g/mol. The van der Waals surface area contributed by atoms with Crippen LogP contribution in [0.15, 0.2) is 47.4 Å². The zero-order valence-corrected chi connectivity index (χ0v) is 26.0. The predicted molar refractivity (Wildman–Crippen MR) is 159 cm³/mol. The van der Waals surface area contributed by atoms with E-state index in [4.69, 9.17) is 4.74 Å². The highest BCUT2D eigenvalue weighted by Gasteiger charge is 2.39. The van der Waals surface area contributed by atoms with Gasteiger partial charge in [-0.05, 0) is 43.2 Å². The maximum absolute atomic E-state index is 14.9. The van der Waals surface area contributed by atoms with E-state index in [1.54, 1.807) is 0 Å². The van der Waals surface area contributed by atoms with Gasteiger partial charge in [-0.3, -0.25) is 14.6 Å². The van der Waals surface area contributed by atoms with Crippen LogP contribution in [0.25, 0.3) is 22.0 Å². The molecule has 0 bridgehead atoms. The molecule has 0 unspecified atom stereocenters. The molecule has 1 amide bonds. The van der Waals surface area contributed by atoms with Crippen LogP contribution in [-0.4, -0.2) is 46.8 Å². The summed E-state index contributed by atoms with van der Waals surface area (Å²) in [5.74, 6) is -6.76. The van der Waals surface area contributed by atoms with Gasteiger partial charge in [-0.15, -0.1) is 0 Å². The first kappa shape index (κ1) is 36.7. The van der Waals surface area contributed by atoms with Crippen molar-refractivity contribution in [3.05, 3.63) is 92.8 Å². The van der Waals surface area contributed by atoms with Crippen molar-refractivity contribution in [1.82, 2.24) is 14.9 Å². The van der Waals surface area contributed by atoms with Crippen molar-refractivity contribution in [2.24, 2.45) is 7.05 Å². The van der Waals surface area contributed by atoms with Gasteiger partial charge in [-0.25, -0.2) is 18.0 Å². The number of fused-ring (bicyclic) bond motifs is 1. The molecule has 2 N–H and O–H groups in total. The van der Waals surface area contributed by atoms with Gasteiger partial charge in [-0.2, -0.15) is 26.3 Å². The third kappa shape index (κ3) is 7.65. The Morgan fingerprint density at radius 1 is 1.00 bits per heavy atom. The number of nitrogens with one attached hydrogen (secondary N) is 2. The average Bonchev–Trinajstić information content (AvgIpc) is 3.00. The molecule has 2 aromatic heterocycles. The van der Waals surface area contributed by atoms with E-state index in [1.807, 2.05) is 5.32 Å². The fraction of sp³-hybridized carbons (Fsp3) is 0.312. The van der Waals surface area contributed by atoms with E-state index >= 15 is 0 Å². The number of alkyl halides is 6. The molecule has 4 aromatic rings. The molecule has 0 aliphatic heterocycles. The fourth-order valence-electron chi connectivity index (χ4n) is 5.21. The number of benzene rings is 2. The molecule has 2 atom stereocenters. The van der Waals surface area contributed by atoms with Gasteiger partial charge in [0.2, 0.25) is 0 Å². The first-order valence-corrected chi connectivity index (χ1v) is 14.3. The Kier molecular flexibility index (Phi) is 10.3. The number of amides is 1. The van der Waals surface area contributed by atoms with Gasteiger partial charge in [0.15, 0.2) is 0 Å². The molecule has 0 radical (unpaired) electrons. The second kappa shape index (κ2) is 13.8. The number of aromatic nitrogens is 2. The van der Waals surface area contributed by atoms with Gasteiger partial charge in [-0.1, -0.05) is 19.1 Å². The molecule has 17 heteroatoms. The topological polar surface area (TPSA) is 102 Å². The van der Waals surface area contributed by atoms with Crippen LogP contribution in [0, 0.1) is 24.4 Å². The quantitative estimate of drug-likeness (QED) is 0.150. The lowest BCUT2D eigenvalue weighted by molar-refractivity contribution is -0.143. The Hall–Kier alpha value is -5.09. The van der Waals surface area contributed by atoms with Crippen LogP contribution < -0.4 is 16.2 Å².